The van der Waals surface area contributed by atoms with Gasteiger partial charge in [-0.25, -0.2) is 10.4 Å². The van der Waals surface area contributed by atoms with E-state index >= 15 is 0 Å². The van der Waals surface area contributed by atoms with Crippen LogP contribution in [-0.4, -0.2) is 12.0 Å². The van der Waals surface area contributed by atoms with Crippen LogP contribution in [0.2, 0.25) is 10.2 Å². The van der Waals surface area contributed by atoms with Gasteiger partial charge in [0.15, 0.2) is 0 Å². The fraction of sp³-hybridized carbons (Fsp3) is 0.167. The quantitative estimate of drug-likeness (QED) is 0.555. The average Bonchev–Trinajstić information content (AvgIpc) is 1.85. The van der Waals surface area contributed by atoms with Gasteiger partial charge in [0.05, 0.1) is 0 Å². The molecule has 0 atom stereocenters. The molecule has 3 nitrogen and oxygen atoms in total. The maximum atomic E-state index is 5.69. The molecule has 0 aliphatic rings. The van der Waals surface area contributed by atoms with Crippen LogP contribution >= 0.6 is 23.2 Å². The molecule has 0 aliphatic heterocycles. The summed E-state index contributed by atoms with van der Waals surface area (Å²) in [5, 5.41) is 0.929. The largest absolute Gasteiger partial charge is 0.306 e. The second-order valence-electron chi connectivity index (χ2n) is 1.87. The van der Waals surface area contributed by atoms with Crippen LogP contribution in [0.4, 0.5) is 5.82 Å². The monoisotopic (exact) mass is 191 g/mol. The maximum absolute atomic E-state index is 5.69. The second-order valence-corrected chi connectivity index (χ2v) is 2.69. The minimum Gasteiger partial charge on any atom is -0.306 e. The summed E-state index contributed by atoms with van der Waals surface area (Å²) < 4.78 is 0. The van der Waals surface area contributed by atoms with Crippen LogP contribution in [0.3, 0.4) is 0 Å². The Bertz CT molecular complexity index is 231. The number of rotatable bonds is 2. The number of nitrogens with zero attached hydrogens (tertiary/aromatic N) is 1. The summed E-state index contributed by atoms with van der Waals surface area (Å²) in [6.45, 7) is 0. The van der Waals surface area contributed by atoms with Crippen molar-refractivity contribution in [3.05, 3.63) is 22.3 Å². The van der Waals surface area contributed by atoms with Crippen molar-refractivity contribution in [1.82, 2.24) is 10.4 Å². The third kappa shape index (κ3) is 2.54. The van der Waals surface area contributed by atoms with Crippen molar-refractivity contribution >= 4 is 29.0 Å². The van der Waals surface area contributed by atoms with Crippen LogP contribution in [0.1, 0.15) is 0 Å². The van der Waals surface area contributed by atoms with Crippen molar-refractivity contribution < 1.29 is 0 Å². The highest BCUT2D eigenvalue weighted by Gasteiger charge is 1.96. The number of hydrazine groups is 1. The van der Waals surface area contributed by atoms with Crippen molar-refractivity contribution in [3.63, 3.8) is 0 Å². The average molecular weight is 192 g/mol. The van der Waals surface area contributed by atoms with Crippen LogP contribution in [0, 0.1) is 0 Å². The molecule has 0 spiro atoms. The van der Waals surface area contributed by atoms with Crippen LogP contribution < -0.4 is 10.9 Å². The first-order valence-corrected chi connectivity index (χ1v) is 3.74. The fourth-order valence-electron chi connectivity index (χ4n) is 0.658. The predicted molar refractivity (Wildman–Crippen MR) is 46.9 cm³/mol. The number of pyridine rings is 1. The van der Waals surface area contributed by atoms with Crippen molar-refractivity contribution in [2.45, 2.75) is 0 Å². The van der Waals surface area contributed by atoms with Gasteiger partial charge in [-0.2, -0.15) is 0 Å². The molecule has 2 N–H and O–H groups in total. The Hall–Kier alpha value is -0.510. The number of hydrogen-bond donors (Lipinski definition) is 2. The van der Waals surface area contributed by atoms with E-state index < -0.39 is 0 Å². The minimum atomic E-state index is 0.371. The van der Waals surface area contributed by atoms with E-state index in [9.17, 15) is 0 Å². The normalized spacial score (nSPS) is 9.73. The third-order valence-corrected chi connectivity index (χ3v) is 1.42. The Morgan fingerprint density at radius 3 is 2.64 bits per heavy atom. The maximum Gasteiger partial charge on any atom is 0.143 e. The van der Waals surface area contributed by atoms with Gasteiger partial charge in [0, 0.05) is 18.1 Å². The van der Waals surface area contributed by atoms with Gasteiger partial charge in [0.25, 0.3) is 0 Å². The SMILES string of the molecule is CNNc1cc(Cl)cc(Cl)n1. The molecule has 11 heavy (non-hydrogen) atoms. The number of halogens is 2. The summed E-state index contributed by atoms with van der Waals surface area (Å²) in [5.74, 6) is 0.602. The molecule has 0 aliphatic carbocycles. The zero-order valence-corrected chi connectivity index (χ0v) is 7.37. The molecule has 0 radical (unpaired) electrons. The van der Waals surface area contributed by atoms with Gasteiger partial charge < -0.3 is 5.43 Å². The van der Waals surface area contributed by atoms with E-state index in [2.05, 4.69) is 15.8 Å². The first-order chi connectivity index (χ1) is 5.22. The Morgan fingerprint density at radius 2 is 2.09 bits per heavy atom. The lowest BCUT2D eigenvalue weighted by Gasteiger charge is -2.02. The topological polar surface area (TPSA) is 37.0 Å². The smallest absolute Gasteiger partial charge is 0.143 e. The first kappa shape index (κ1) is 8.59. The summed E-state index contributed by atoms with van der Waals surface area (Å²) in [5.41, 5.74) is 5.47. The summed E-state index contributed by atoms with van der Waals surface area (Å²) in [6.07, 6.45) is 0. The standard InChI is InChI=1S/C6H7Cl2N3/c1-9-11-6-3-4(7)2-5(8)10-6/h2-3,9H,1H3,(H,10,11). The lowest BCUT2D eigenvalue weighted by Crippen LogP contribution is -2.15. The minimum absolute atomic E-state index is 0.371. The van der Waals surface area contributed by atoms with Gasteiger partial charge in [0.1, 0.15) is 11.0 Å². The molecule has 0 amide bonds. The van der Waals surface area contributed by atoms with Crippen LogP contribution in [-0.2, 0) is 0 Å². The molecule has 1 rings (SSSR count). The Morgan fingerprint density at radius 1 is 1.36 bits per heavy atom. The van der Waals surface area contributed by atoms with E-state index in [0.29, 0.717) is 16.0 Å². The molecule has 0 bridgehead atoms. The van der Waals surface area contributed by atoms with Crippen molar-refractivity contribution in [3.8, 4) is 0 Å². The molecule has 60 valence electrons. The Kier molecular flexibility index (Phi) is 2.93. The lowest BCUT2D eigenvalue weighted by atomic mass is 10.5. The molecular weight excluding hydrogens is 185 g/mol. The van der Waals surface area contributed by atoms with Gasteiger partial charge in [-0.3, -0.25) is 0 Å². The van der Waals surface area contributed by atoms with E-state index in [-0.39, 0.29) is 0 Å². The summed E-state index contributed by atoms with van der Waals surface area (Å²) in [6, 6.07) is 3.24. The van der Waals surface area contributed by atoms with Crippen molar-refractivity contribution in [2.24, 2.45) is 0 Å². The molecular formula is C6H7Cl2N3. The fourth-order valence-corrected chi connectivity index (χ4v) is 1.13. The van der Waals surface area contributed by atoms with Crippen LogP contribution in [0.5, 0.6) is 0 Å². The number of aromatic nitrogens is 1. The van der Waals surface area contributed by atoms with Gasteiger partial charge >= 0.3 is 0 Å². The van der Waals surface area contributed by atoms with Gasteiger partial charge in [-0.1, -0.05) is 23.2 Å². The Balaban J connectivity index is 2.89. The zero-order valence-electron chi connectivity index (χ0n) is 5.86. The molecule has 0 unspecified atom stereocenters. The number of anilines is 1. The third-order valence-electron chi connectivity index (χ3n) is 1.01. The summed E-state index contributed by atoms with van der Waals surface area (Å²) in [4.78, 5) is 3.93. The van der Waals surface area contributed by atoms with E-state index in [1.807, 2.05) is 0 Å². The van der Waals surface area contributed by atoms with Crippen LogP contribution in [0.25, 0.3) is 0 Å². The molecule has 1 aromatic rings. The van der Waals surface area contributed by atoms with Gasteiger partial charge in [-0.05, 0) is 6.07 Å². The van der Waals surface area contributed by atoms with E-state index in [1.165, 1.54) is 0 Å². The van der Waals surface area contributed by atoms with Crippen LogP contribution in [0.15, 0.2) is 12.1 Å². The zero-order chi connectivity index (χ0) is 8.27. The molecule has 0 saturated heterocycles. The van der Waals surface area contributed by atoms with Gasteiger partial charge in [-0.15, -0.1) is 0 Å². The van der Waals surface area contributed by atoms with Gasteiger partial charge in [0.2, 0.25) is 0 Å². The second kappa shape index (κ2) is 3.76. The highest BCUT2D eigenvalue weighted by Crippen LogP contribution is 2.17. The lowest BCUT2D eigenvalue weighted by molar-refractivity contribution is 0.965. The Labute approximate surface area is 74.7 Å². The summed E-state index contributed by atoms with van der Waals surface area (Å²) >= 11 is 11.3. The molecule has 1 heterocycles. The predicted octanol–water partition coefficient (Wildman–Crippen LogP) is 1.93. The molecule has 0 aromatic carbocycles. The number of nitrogens with one attached hydrogen (secondary N) is 2. The number of hydrogen-bond acceptors (Lipinski definition) is 3. The highest BCUT2D eigenvalue weighted by molar-refractivity contribution is 6.34. The first-order valence-electron chi connectivity index (χ1n) is 2.98. The molecule has 5 heteroatoms. The van der Waals surface area contributed by atoms with E-state index in [1.54, 1.807) is 19.2 Å². The van der Waals surface area contributed by atoms with E-state index in [4.69, 9.17) is 23.2 Å². The summed E-state index contributed by atoms with van der Waals surface area (Å²) in [7, 11) is 1.73. The van der Waals surface area contributed by atoms with E-state index in [0.717, 1.165) is 0 Å². The van der Waals surface area contributed by atoms with Crippen molar-refractivity contribution in [2.75, 3.05) is 12.5 Å². The van der Waals surface area contributed by atoms with Crippen molar-refractivity contribution in [1.29, 1.82) is 0 Å². The molecule has 1 aromatic heterocycles. The molecule has 0 fully saturated rings. The molecule has 0 saturated carbocycles. The highest BCUT2D eigenvalue weighted by atomic mass is 35.5.